The summed E-state index contributed by atoms with van der Waals surface area (Å²) in [6.07, 6.45) is 7.60. The van der Waals surface area contributed by atoms with Gasteiger partial charge in [-0.3, -0.25) is 4.79 Å². The highest BCUT2D eigenvalue weighted by Gasteiger charge is 2.37. The van der Waals surface area contributed by atoms with Gasteiger partial charge in [0.05, 0.1) is 13.2 Å². The van der Waals surface area contributed by atoms with E-state index in [9.17, 15) is 4.79 Å². The number of hydrogen-bond acceptors (Lipinski definition) is 2. The first-order chi connectivity index (χ1) is 8.79. The molecule has 2 bridgehead atoms. The molecule has 1 aromatic carbocycles. The van der Waals surface area contributed by atoms with Gasteiger partial charge in [-0.15, -0.1) is 0 Å². The second kappa shape index (κ2) is 4.48. The van der Waals surface area contributed by atoms with Gasteiger partial charge in [-0.05, 0) is 43.5 Å². The first-order valence-electron chi connectivity index (χ1n) is 6.43. The van der Waals surface area contributed by atoms with E-state index in [0.29, 0.717) is 12.1 Å². The number of carbonyl (C=O) groups is 1. The van der Waals surface area contributed by atoms with E-state index < -0.39 is 0 Å². The molecule has 1 aromatic rings. The van der Waals surface area contributed by atoms with E-state index >= 15 is 0 Å². The molecular weight excluding hydrogens is 226 g/mol. The fourth-order valence-corrected chi connectivity index (χ4v) is 2.92. The van der Waals surface area contributed by atoms with Gasteiger partial charge in [-0.2, -0.15) is 0 Å². The van der Waals surface area contributed by atoms with Crippen molar-refractivity contribution in [3.63, 3.8) is 0 Å². The predicted molar refractivity (Wildman–Crippen MR) is 69.7 cm³/mol. The molecule has 2 aliphatic heterocycles. The second-order valence-corrected chi connectivity index (χ2v) is 4.90. The highest BCUT2D eigenvalue weighted by molar-refractivity contribution is 5.95. The molecule has 1 saturated heterocycles. The fourth-order valence-electron chi connectivity index (χ4n) is 2.92. The molecule has 0 radical (unpaired) electrons. The molecule has 0 spiro atoms. The topological polar surface area (TPSA) is 29.5 Å². The molecule has 3 heteroatoms. The lowest BCUT2D eigenvalue weighted by Gasteiger charge is -2.31. The third-order valence-electron chi connectivity index (χ3n) is 3.88. The van der Waals surface area contributed by atoms with Crippen molar-refractivity contribution in [2.75, 3.05) is 7.11 Å². The highest BCUT2D eigenvalue weighted by atomic mass is 16.5. The Balaban J connectivity index is 1.84. The summed E-state index contributed by atoms with van der Waals surface area (Å²) in [6, 6.07) is 8.08. The first-order valence-corrected chi connectivity index (χ1v) is 6.43. The van der Waals surface area contributed by atoms with Gasteiger partial charge in [0.25, 0.3) is 5.91 Å². The van der Waals surface area contributed by atoms with E-state index in [0.717, 1.165) is 30.6 Å². The fraction of sp³-hybridized carbons (Fsp3) is 0.400. The smallest absolute Gasteiger partial charge is 0.254 e. The van der Waals surface area contributed by atoms with Crippen LogP contribution in [0.4, 0.5) is 0 Å². The number of fused-ring (bicyclic) bond motifs is 2. The molecule has 1 fully saturated rings. The standard InChI is InChI=1S/C15H17NO2/c1-18-14-9-5-11(6-10-14)15(17)16-12-3-2-4-13(16)8-7-12/h2-3,5-6,9-10,12-13H,4,7-8H2,1H3. The summed E-state index contributed by atoms with van der Waals surface area (Å²) in [7, 11) is 1.63. The number of ether oxygens (including phenoxy) is 1. The minimum Gasteiger partial charge on any atom is -0.497 e. The van der Waals surface area contributed by atoms with E-state index in [2.05, 4.69) is 12.2 Å². The number of rotatable bonds is 2. The zero-order valence-electron chi connectivity index (χ0n) is 10.5. The van der Waals surface area contributed by atoms with E-state index in [1.165, 1.54) is 0 Å². The molecule has 94 valence electrons. The van der Waals surface area contributed by atoms with Crippen molar-refractivity contribution in [1.82, 2.24) is 4.90 Å². The maximum absolute atomic E-state index is 12.5. The SMILES string of the molecule is COc1ccc(C(=O)N2C3C=CCC2CC3)cc1. The van der Waals surface area contributed by atoms with Gasteiger partial charge in [-0.25, -0.2) is 0 Å². The zero-order chi connectivity index (χ0) is 12.5. The van der Waals surface area contributed by atoms with Crippen molar-refractivity contribution >= 4 is 5.91 Å². The lowest BCUT2D eigenvalue weighted by molar-refractivity contribution is 0.0689. The Morgan fingerprint density at radius 3 is 2.72 bits per heavy atom. The van der Waals surface area contributed by atoms with E-state index in [1.54, 1.807) is 7.11 Å². The first kappa shape index (κ1) is 11.3. The van der Waals surface area contributed by atoms with Gasteiger partial charge in [0.1, 0.15) is 5.75 Å². The number of nitrogens with zero attached hydrogens (tertiary/aromatic N) is 1. The van der Waals surface area contributed by atoms with Crippen LogP contribution in [0.2, 0.25) is 0 Å². The summed E-state index contributed by atoms with van der Waals surface area (Å²) in [6.45, 7) is 0. The Hall–Kier alpha value is -1.77. The minimum atomic E-state index is 0.148. The largest absolute Gasteiger partial charge is 0.497 e. The van der Waals surface area contributed by atoms with Gasteiger partial charge in [0.15, 0.2) is 0 Å². The van der Waals surface area contributed by atoms with Crippen LogP contribution in [0.3, 0.4) is 0 Å². The van der Waals surface area contributed by atoms with Crippen molar-refractivity contribution < 1.29 is 9.53 Å². The van der Waals surface area contributed by atoms with Crippen LogP contribution < -0.4 is 4.74 Å². The molecule has 18 heavy (non-hydrogen) atoms. The van der Waals surface area contributed by atoms with Crippen LogP contribution in [0.25, 0.3) is 0 Å². The van der Waals surface area contributed by atoms with Crippen LogP contribution in [0.5, 0.6) is 5.75 Å². The van der Waals surface area contributed by atoms with E-state index in [4.69, 9.17) is 4.74 Å². The molecule has 1 amide bonds. The molecule has 2 atom stereocenters. The molecule has 2 heterocycles. The van der Waals surface area contributed by atoms with Crippen LogP contribution >= 0.6 is 0 Å². The third kappa shape index (κ3) is 1.80. The molecule has 3 rings (SSSR count). The lowest BCUT2D eigenvalue weighted by atomic mass is 10.1. The van der Waals surface area contributed by atoms with Crippen molar-refractivity contribution in [2.24, 2.45) is 0 Å². The van der Waals surface area contributed by atoms with Crippen LogP contribution in [-0.2, 0) is 0 Å². The van der Waals surface area contributed by atoms with E-state index in [-0.39, 0.29) is 5.91 Å². The summed E-state index contributed by atoms with van der Waals surface area (Å²) >= 11 is 0. The molecule has 2 unspecified atom stereocenters. The molecule has 3 nitrogen and oxygen atoms in total. The average molecular weight is 243 g/mol. The summed E-state index contributed by atoms with van der Waals surface area (Å²) in [5.41, 5.74) is 0.753. The summed E-state index contributed by atoms with van der Waals surface area (Å²) in [5.74, 6) is 0.933. The van der Waals surface area contributed by atoms with Gasteiger partial charge in [-0.1, -0.05) is 12.2 Å². The predicted octanol–water partition coefficient (Wildman–Crippen LogP) is 2.63. The van der Waals surface area contributed by atoms with E-state index in [1.807, 2.05) is 29.2 Å². The number of methoxy groups -OCH3 is 1. The van der Waals surface area contributed by atoms with Crippen molar-refractivity contribution in [1.29, 1.82) is 0 Å². The number of carbonyl (C=O) groups excluding carboxylic acids is 1. The number of hydrogen-bond donors (Lipinski definition) is 0. The highest BCUT2D eigenvalue weighted by Crippen LogP contribution is 2.32. The second-order valence-electron chi connectivity index (χ2n) is 4.90. The summed E-state index contributed by atoms with van der Waals surface area (Å²) in [4.78, 5) is 14.6. The Morgan fingerprint density at radius 1 is 1.28 bits per heavy atom. The van der Waals surface area contributed by atoms with Crippen molar-refractivity contribution in [3.05, 3.63) is 42.0 Å². The van der Waals surface area contributed by atoms with Gasteiger partial charge >= 0.3 is 0 Å². The lowest BCUT2D eigenvalue weighted by Crippen LogP contribution is -2.42. The normalized spacial score (nSPS) is 25.3. The van der Waals surface area contributed by atoms with Crippen LogP contribution in [0.1, 0.15) is 29.6 Å². The van der Waals surface area contributed by atoms with Crippen molar-refractivity contribution in [3.8, 4) is 5.75 Å². The number of benzene rings is 1. The van der Waals surface area contributed by atoms with Crippen molar-refractivity contribution in [2.45, 2.75) is 31.3 Å². The summed E-state index contributed by atoms with van der Waals surface area (Å²) in [5, 5.41) is 0. The van der Waals surface area contributed by atoms with Gasteiger partial charge < -0.3 is 9.64 Å². The molecular formula is C15H17NO2. The monoisotopic (exact) mass is 243 g/mol. The molecule has 0 aliphatic carbocycles. The minimum absolute atomic E-state index is 0.148. The molecule has 2 aliphatic rings. The average Bonchev–Trinajstić information content (AvgIpc) is 2.67. The summed E-state index contributed by atoms with van der Waals surface area (Å²) < 4.78 is 5.11. The van der Waals surface area contributed by atoms with Gasteiger partial charge in [0, 0.05) is 11.6 Å². The Morgan fingerprint density at radius 2 is 2.06 bits per heavy atom. The zero-order valence-corrected chi connectivity index (χ0v) is 10.5. The quantitative estimate of drug-likeness (QED) is 0.747. The number of amides is 1. The molecule has 0 aromatic heterocycles. The Bertz CT molecular complexity index is 478. The van der Waals surface area contributed by atoms with Gasteiger partial charge in [0.2, 0.25) is 0 Å². The molecule has 0 saturated carbocycles. The maximum Gasteiger partial charge on any atom is 0.254 e. The maximum atomic E-state index is 12.5. The molecule has 0 N–H and O–H groups in total. The van der Waals surface area contributed by atoms with Crippen LogP contribution in [0, 0.1) is 0 Å². The third-order valence-corrected chi connectivity index (χ3v) is 3.88. The van der Waals surface area contributed by atoms with Crippen LogP contribution in [-0.4, -0.2) is 30.0 Å². The Kier molecular flexibility index (Phi) is 2.82. The van der Waals surface area contributed by atoms with Crippen LogP contribution in [0.15, 0.2) is 36.4 Å². The Labute approximate surface area is 107 Å².